The maximum Gasteiger partial charge on any atom is 0.272 e. The van der Waals surface area contributed by atoms with E-state index in [0.29, 0.717) is 12.2 Å². The van der Waals surface area contributed by atoms with Gasteiger partial charge in [0.1, 0.15) is 0 Å². The lowest BCUT2D eigenvalue weighted by Crippen LogP contribution is -2.35. The van der Waals surface area contributed by atoms with E-state index in [0.717, 1.165) is 50.3 Å². The lowest BCUT2D eigenvalue weighted by molar-refractivity contribution is 0.0948. The summed E-state index contributed by atoms with van der Waals surface area (Å²) in [6.45, 7) is 4.15. The van der Waals surface area contributed by atoms with Crippen molar-refractivity contribution in [3.63, 3.8) is 0 Å². The van der Waals surface area contributed by atoms with Gasteiger partial charge in [-0.2, -0.15) is 5.10 Å². The molecule has 0 atom stereocenters. The molecule has 2 aromatic rings. The predicted molar refractivity (Wildman–Crippen MR) is 88.7 cm³/mol. The first-order valence-electron chi connectivity index (χ1n) is 8.21. The number of rotatable bonds is 4. The summed E-state index contributed by atoms with van der Waals surface area (Å²) in [5, 5.41) is 13.4. The number of para-hydroxylation sites is 1. The number of H-pyrrole nitrogens is 1. The van der Waals surface area contributed by atoms with E-state index in [1.165, 1.54) is 11.3 Å². The fraction of sp³-hybridized carbons (Fsp3) is 0.412. The van der Waals surface area contributed by atoms with Crippen LogP contribution in [0.1, 0.15) is 27.3 Å². The van der Waals surface area contributed by atoms with Gasteiger partial charge in [0, 0.05) is 37.4 Å². The van der Waals surface area contributed by atoms with Crippen LogP contribution in [0.5, 0.6) is 0 Å². The van der Waals surface area contributed by atoms with Gasteiger partial charge in [0.15, 0.2) is 5.69 Å². The molecule has 0 radical (unpaired) electrons. The highest BCUT2D eigenvalue weighted by atomic mass is 16.1. The summed E-state index contributed by atoms with van der Waals surface area (Å²) in [6, 6.07) is 8.48. The molecule has 0 spiro atoms. The molecule has 0 unspecified atom stereocenters. The number of aromatic amines is 1. The highest BCUT2D eigenvalue weighted by molar-refractivity contribution is 5.94. The second-order valence-corrected chi connectivity index (χ2v) is 6.08. The van der Waals surface area contributed by atoms with Crippen molar-refractivity contribution in [2.75, 3.05) is 31.1 Å². The smallest absolute Gasteiger partial charge is 0.272 e. The zero-order valence-corrected chi connectivity index (χ0v) is 13.1. The summed E-state index contributed by atoms with van der Waals surface area (Å²) < 4.78 is 0. The Morgan fingerprint density at radius 1 is 1.30 bits per heavy atom. The minimum atomic E-state index is -0.0723. The standard InChI is InChI=1S/C17H21N5O/c23-17(16-13-5-7-18-11-14(13)20-21-16)19-8-10-22-9-6-12-3-1-2-4-15(12)22/h1-4,18H,5-11H2,(H,19,23)(H,20,21). The van der Waals surface area contributed by atoms with Crippen molar-refractivity contribution in [1.82, 2.24) is 20.8 Å². The van der Waals surface area contributed by atoms with Crippen molar-refractivity contribution in [3.8, 4) is 0 Å². The first kappa shape index (κ1) is 14.3. The van der Waals surface area contributed by atoms with E-state index < -0.39 is 0 Å². The number of nitrogens with one attached hydrogen (secondary N) is 3. The van der Waals surface area contributed by atoms with E-state index in [1.807, 2.05) is 0 Å². The molecule has 23 heavy (non-hydrogen) atoms. The minimum Gasteiger partial charge on any atom is -0.369 e. The second kappa shape index (κ2) is 6.04. The van der Waals surface area contributed by atoms with Crippen LogP contribution < -0.4 is 15.5 Å². The maximum atomic E-state index is 12.4. The molecular weight excluding hydrogens is 290 g/mol. The molecule has 4 rings (SSSR count). The number of benzene rings is 1. The Kier molecular flexibility index (Phi) is 3.75. The molecule has 0 saturated carbocycles. The van der Waals surface area contributed by atoms with E-state index in [4.69, 9.17) is 0 Å². The number of hydrogen-bond acceptors (Lipinski definition) is 4. The van der Waals surface area contributed by atoms with Crippen LogP contribution in [0.2, 0.25) is 0 Å². The van der Waals surface area contributed by atoms with Crippen LogP contribution in [-0.4, -0.2) is 42.3 Å². The number of aromatic nitrogens is 2. The largest absolute Gasteiger partial charge is 0.369 e. The molecule has 0 aliphatic carbocycles. The summed E-state index contributed by atoms with van der Waals surface area (Å²) >= 11 is 0. The Labute approximate surface area is 135 Å². The maximum absolute atomic E-state index is 12.4. The molecule has 6 nitrogen and oxygen atoms in total. The highest BCUT2D eigenvalue weighted by Crippen LogP contribution is 2.26. The third-order valence-electron chi connectivity index (χ3n) is 4.67. The number of anilines is 1. The van der Waals surface area contributed by atoms with Crippen LogP contribution >= 0.6 is 0 Å². The number of fused-ring (bicyclic) bond motifs is 2. The van der Waals surface area contributed by atoms with Crippen LogP contribution in [-0.2, 0) is 19.4 Å². The molecule has 0 fully saturated rings. The summed E-state index contributed by atoms with van der Waals surface area (Å²) in [4.78, 5) is 14.7. The van der Waals surface area contributed by atoms with Crippen molar-refractivity contribution in [2.24, 2.45) is 0 Å². The lowest BCUT2D eigenvalue weighted by Gasteiger charge is -2.19. The number of amides is 1. The van der Waals surface area contributed by atoms with Crippen molar-refractivity contribution < 1.29 is 4.79 Å². The van der Waals surface area contributed by atoms with E-state index in [2.05, 4.69) is 50.0 Å². The van der Waals surface area contributed by atoms with Gasteiger partial charge in [-0.3, -0.25) is 9.89 Å². The molecule has 3 heterocycles. The van der Waals surface area contributed by atoms with Crippen molar-refractivity contribution >= 4 is 11.6 Å². The van der Waals surface area contributed by atoms with Gasteiger partial charge in [0.25, 0.3) is 5.91 Å². The number of carbonyl (C=O) groups excluding carboxylic acids is 1. The lowest BCUT2D eigenvalue weighted by atomic mass is 10.1. The van der Waals surface area contributed by atoms with Crippen LogP contribution in [0.3, 0.4) is 0 Å². The van der Waals surface area contributed by atoms with E-state index in [-0.39, 0.29) is 5.91 Å². The third kappa shape index (κ3) is 2.70. The molecular formula is C17H21N5O. The Hall–Kier alpha value is -2.34. The van der Waals surface area contributed by atoms with Gasteiger partial charge in [0.2, 0.25) is 0 Å². The number of nitrogens with zero attached hydrogens (tertiary/aromatic N) is 2. The SMILES string of the molecule is O=C(NCCN1CCc2ccccc21)c1n[nH]c2c1CCNC2. The quantitative estimate of drug-likeness (QED) is 0.783. The summed E-state index contributed by atoms with van der Waals surface area (Å²) in [5.41, 5.74) is 5.35. The molecule has 1 aromatic carbocycles. The summed E-state index contributed by atoms with van der Waals surface area (Å²) in [5.74, 6) is -0.0723. The fourth-order valence-corrected chi connectivity index (χ4v) is 3.46. The van der Waals surface area contributed by atoms with Crippen molar-refractivity contribution in [3.05, 3.63) is 46.8 Å². The van der Waals surface area contributed by atoms with Crippen molar-refractivity contribution in [1.29, 1.82) is 0 Å². The van der Waals surface area contributed by atoms with Gasteiger partial charge < -0.3 is 15.5 Å². The highest BCUT2D eigenvalue weighted by Gasteiger charge is 2.22. The van der Waals surface area contributed by atoms with Gasteiger partial charge in [-0.25, -0.2) is 0 Å². The molecule has 3 N–H and O–H groups in total. The average Bonchev–Trinajstić information content (AvgIpc) is 3.19. The monoisotopic (exact) mass is 311 g/mol. The van der Waals surface area contributed by atoms with Crippen molar-refractivity contribution in [2.45, 2.75) is 19.4 Å². The van der Waals surface area contributed by atoms with Crippen LogP contribution in [0, 0.1) is 0 Å². The van der Waals surface area contributed by atoms with E-state index >= 15 is 0 Å². The zero-order chi connectivity index (χ0) is 15.6. The van der Waals surface area contributed by atoms with Gasteiger partial charge in [-0.05, 0) is 31.0 Å². The van der Waals surface area contributed by atoms with Crippen LogP contribution in [0.4, 0.5) is 5.69 Å². The third-order valence-corrected chi connectivity index (χ3v) is 4.67. The molecule has 2 aliphatic rings. The Balaban J connectivity index is 1.35. The average molecular weight is 311 g/mol. The molecule has 120 valence electrons. The molecule has 0 saturated heterocycles. The topological polar surface area (TPSA) is 73.0 Å². The fourth-order valence-electron chi connectivity index (χ4n) is 3.46. The summed E-state index contributed by atoms with van der Waals surface area (Å²) in [6.07, 6.45) is 1.94. The second-order valence-electron chi connectivity index (χ2n) is 6.08. The predicted octanol–water partition coefficient (Wildman–Crippen LogP) is 0.848. The molecule has 0 bridgehead atoms. The Bertz CT molecular complexity index is 724. The van der Waals surface area contributed by atoms with Crippen LogP contribution in [0.15, 0.2) is 24.3 Å². The van der Waals surface area contributed by atoms with Gasteiger partial charge >= 0.3 is 0 Å². The van der Waals surface area contributed by atoms with Gasteiger partial charge in [-0.15, -0.1) is 0 Å². The van der Waals surface area contributed by atoms with Crippen LogP contribution in [0.25, 0.3) is 0 Å². The Morgan fingerprint density at radius 2 is 2.22 bits per heavy atom. The first-order valence-corrected chi connectivity index (χ1v) is 8.21. The van der Waals surface area contributed by atoms with Gasteiger partial charge in [0.05, 0.1) is 5.69 Å². The van der Waals surface area contributed by atoms with E-state index in [9.17, 15) is 4.79 Å². The normalized spacial score (nSPS) is 16.1. The number of carbonyl (C=O) groups is 1. The zero-order valence-electron chi connectivity index (χ0n) is 13.1. The van der Waals surface area contributed by atoms with Gasteiger partial charge in [-0.1, -0.05) is 18.2 Å². The minimum absolute atomic E-state index is 0.0723. The molecule has 1 amide bonds. The molecule has 1 aromatic heterocycles. The summed E-state index contributed by atoms with van der Waals surface area (Å²) in [7, 11) is 0. The molecule has 2 aliphatic heterocycles. The first-order chi connectivity index (χ1) is 11.3. The number of hydrogen-bond donors (Lipinski definition) is 3. The Morgan fingerprint density at radius 3 is 3.17 bits per heavy atom. The van der Waals surface area contributed by atoms with E-state index in [1.54, 1.807) is 0 Å². The molecule has 6 heteroatoms.